The van der Waals surface area contributed by atoms with Crippen molar-refractivity contribution in [3.05, 3.63) is 23.3 Å². The molecule has 0 N–H and O–H groups in total. The van der Waals surface area contributed by atoms with Crippen LogP contribution >= 0.6 is 0 Å². The molecule has 0 aromatic heterocycles. The smallest absolute Gasteiger partial charge is 0.231 e. The Morgan fingerprint density at radius 2 is 1.92 bits per heavy atom. The van der Waals surface area contributed by atoms with Crippen LogP contribution in [-0.4, -0.2) is 32.0 Å². The number of unbranched alkanes of at least 4 members (excludes halogenated alkanes) is 2. The van der Waals surface area contributed by atoms with Crippen LogP contribution in [0.5, 0.6) is 11.5 Å². The molecule has 1 aromatic rings. The largest absolute Gasteiger partial charge is 0.454 e. The summed E-state index contributed by atoms with van der Waals surface area (Å²) in [7, 11) is -2.97. The highest BCUT2D eigenvalue weighted by molar-refractivity contribution is 7.91. The van der Waals surface area contributed by atoms with Gasteiger partial charge in [-0.1, -0.05) is 12.5 Å². The van der Waals surface area contributed by atoms with E-state index in [0.29, 0.717) is 19.3 Å². The van der Waals surface area contributed by atoms with Gasteiger partial charge in [-0.25, -0.2) is 8.42 Å². The predicted octanol–water partition coefficient (Wildman–Crippen LogP) is 3.22. The molecule has 6 heteroatoms. The van der Waals surface area contributed by atoms with Crippen molar-refractivity contribution in [1.29, 1.82) is 0 Å². The van der Waals surface area contributed by atoms with Crippen LogP contribution in [0.15, 0.2) is 12.1 Å². The van der Waals surface area contributed by atoms with Gasteiger partial charge in [0.1, 0.15) is 5.78 Å². The van der Waals surface area contributed by atoms with E-state index < -0.39 is 9.84 Å². The lowest BCUT2D eigenvalue weighted by Gasteiger charge is -2.09. The van der Waals surface area contributed by atoms with Crippen LogP contribution in [0.25, 0.3) is 0 Å². The Hall–Kier alpha value is -1.56. The van der Waals surface area contributed by atoms with Crippen molar-refractivity contribution in [1.82, 2.24) is 0 Å². The zero-order valence-electron chi connectivity index (χ0n) is 14.6. The number of ketones is 1. The first-order valence-corrected chi connectivity index (χ1v) is 10.1. The van der Waals surface area contributed by atoms with Gasteiger partial charge in [0.2, 0.25) is 6.79 Å². The highest BCUT2D eigenvalue weighted by Crippen LogP contribution is 2.37. The van der Waals surface area contributed by atoms with Crippen LogP contribution in [0.1, 0.15) is 50.7 Å². The Morgan fingerprint density at radius 3 is 2.62 bits per heavy atom. The zero-order chi connectivity index (χ0) is 17.7. The lowest BCUT2D eigenvalue weighted by Crippen LogP contribution is -2.17. The fraction of sp³-hybridized carbons (Fsp3) is 0.611. The molecule has 1 aliphatic rings. The molecular weight excluding hydrogens is 328 g/mol. The van der Waals surface area contributed by atoms with Gasteiger partial charge < -0.3 is 9.47 Å². The molecule has 1 aromatic carbocycles. The van der Waals surface area contributed by atoms with Gasteiger partial charge in [-0.05, 0) is 50.8 Å². The molecule has 2 rings (SSSR count). The first kappa shape index (κ1) is 18.8. The molecule has 0 amide bonds. The number of fused-ring (bicyclic) bond motifs is 1. The third kappa shape index (κ3) is 4.72. The second-order valence-corrected chi connectivity index (χ2v) is 9.20. The molecule has 0 fully saturated rings. The Labute approximate surface area is 144 Å². The summed E-state index contributed by atoms with van der Waals surface area (Å²) in [5.74, 6) is 1.85. The molecule has 0 saturated carbocycles. The number of Topliss-reactive ketones (excluding diaryl/α,β-unsaturated/α-hetero) is 1. The number of hydrogen-bond donors (Lipinski definition) is 0. The molecule has 24 heavy (non-hydrogen) atoms. The van der Waals surface area contributed by atoms with Gasteiger partial charge in [0.25, 0.3) is 0 Å². The SMILES string of the molecule is Cc1c(CC(=O)CCCCCS(=O)(=O)C(C)C)ccc2c1OCO2. The summed E-state index contributed by atoms with van der Waals surface area (Å²) in [5, 5.41) is -0.326. The first-order valence-electron chi connectivity index (χ1n) is 8.42. The molecule has 0 aliphatic carbocycles. The maximum Gasteiger partial charge on any atom is 0.231 e. The fourth-order valence-corrected chi connectivity index (χ4v) is 3.76. The third-order valence-corrected chi connectivity index (χ3v) is 6.68. The number of sulfone groups is 1. The van der Waals surface area contributed by atoms with E-state index in [-0.39, 0.29) is 23.6 Å². The molecule has 0 radical (unpaired) electrons. The zero-order valence-corrected chi connectivity index (χ0v) is 15.4. The van der Waals surface area contributed by atoms with E-state index in [9.17, 15) is 13.2 Å². The molecule has 0 saturated heterocycles. The lowest BCUT2D eigenvalue weighted by atomic mass is 9.99. The van der Waals surface area contributed by atoms with Gasteiger partial charge in [-0.2, -0.15) is 0 Å². The van der Waals surface area contributed by atoms with E-state index >= 15 is 0 Å². The van der Waals surface area contributed by atoms with Crippen LogP contribution in [0.4, 0.5) is 0 Å². The summed E-state index contributed by atoms with van der Waals surface area (Å²) < 4.78 is 34.2. The van der Waals surface area contributed by atoms with Crippen molar-refractivity contribution in [2.75, 3.05) is 12.5 Å². The topological polar surface area (TPSA) is 69.7 Å². The summed E-state index contributed by atoms with van der Waals surface area (Å²) in [4.78, 5) is 12.1. The standard InChI is InChI=1S/C18H26O5S/c1-13(2)24(20,21)10-6-4-5-7-16(19)11-15-8-9-17-18(14(15)3)23-12-22-17/h8-9,13H,4-7,10-12H2,1-3H3. The van der Waals surface area contributed by atoms with Crippen molar-refractivity contribution in [3.8, 4) is 11.5 Å². The van der Waals surface area contributed by atoms with E-state index in [2.05, 4.69) is 0 Å². The number of rotatable bonds is 9. The van der Waals surface area contributed by atoms with Crippen LogP contribution in [0.3, 0.4) is 0 Å². The van der Waals surface area contributed by atoms with Gasteiger partial charge in [0.15, 0.2) is 21.3 Å². The molecular formula is C18H26O5S. The normalized spacial score (nSPS) is 13.5. The molecule has 1 aliphatic heterocycles. The summed E-state index contributed by atoms with van der Waals surface area (Å²) in [5.41, 5.74) is 1.92. The second-order valence-electron chi connectivity index (χ2n) is 6.53. The molecule has 0 spiro atoms. The number of hydrogen-bond acceptors (Lipinski definition) is 5. The van der Waals surface area contributed by atoms with Gasteiger partial charge in [-0.15, -0.1) is 0 Å². The van der Waals surface area contributed by atoms with Gasteiger partial charge in [-0.3, -0.25) is 4.79 Å². The van der Waals surface area contributed by atoms with Crippen LogP contribution in [-0.2, 0) is 21.1 Å². The highest BCUT2D eigenvalue weighted by Gasteiger charge is 2.19. The van der Waals surface area contributed by atoms with Gasteiger partial charge in [0, 0.05) is 12.8 Å². The fourth-order valence-electron chi connectivity index (χ4n) is 2.68. The van der Waals surface area contributed by atoms with E-state index in [0.717, 1.165) is 35.5 Å². The molecule has 0 bridgehead atoms. The van der Waals surface area contributed by atoms with Crippen molar-refractivity contribution in [3.63, 3.8) is 0 Å². The van der Waals surface area contributed by atoms with Crippen molar-refractivity contribution in [2.24, 2.45) is 0 Å². The van der Waals surface area contributed by atoms with Gasteiger partial charge >= 0.3 is 0 Å². The quantitative estimate of drug-likeness (QED) is 0.637. The Morgan fingerprint density at radius 1 is 1.17 bits per heavy atom. The van der Waals surface area contributed by atoms with Crippen LogP contribution in [0, 0.1) is 6.92 Å². The van der Waals surface area contributed by atoms with Crippen molar-refractivity contribution >= 4 is 15.6 Å². The predicted molar refractivity (Wildman–Crippen MR) is 93.4 cm³/mol. The average molecular weight is 354 g/mol. The van der Waals surface area contributed by atoms with E-state index in [4.69, 9.17) is 9.47 Å². The molecule has 0 unspecified atom stereocenters. The van der Waals surface area contributed by atoms with Gasteiger partial charge in [0.05, 0.1) is 11.0 Å². The maximum absolute atomic E-state index is 12.1. The third-order valence-electron chi connectivity index (χ3n) is 4.39. The second kappa shape index (κ2) is 8.01. The number of benzene rings is 1. The summed E-state index contributed by atoms with van der Waals surface area (Å²) in [6, 6.07) is 3.75. The lowest BCUT2D eigenvalue weighted by molar-refractivity contribution is -0.118. The summed E-state index contributed by atoms with van der Waals surface area (Å²) in [6.07, 6.45) is 2.98. The van der Waals surface area contributed by atoms with Crippen molar-refractivity contribution < 1.29 is 22.7 Å². The van der Waals surface area contributed by atoms with Crippen LogP contribution < -0.4 is 9.47 Å². The average Bonchev–Trinajstić information content (AvgIpc) is 2.99. The Bertz CT molecular complexity index is 692. The number of ether oxygens (including phenoxy) is 2. The van der Waals surface area contributed by atoms with Crippen molar-refractivity contribution in [2.45, 2.75) is 58.1 Å². The minimum absolute atomic E-state index is 0.170. The Balaban J connectivity index is 1.75. The summed E-state index contributed by atoms with van der Waals surface area (Å²) in [6.45, 7) is 5.57. The Kier molecular flexibility index (Phi) is 6.27. The van der Waals surface area contributed by atoms with E-state index in [1.165, 1.54) is 0 Å². The molecule has 5 nitrogen and oxygen atoms in total. The minimum Gasteiger partial charge on any atom is -0.454 e. The molecule has 134 valence electrons. The highest BCUT2D eigenvalue weighted by atomic mass is 32.2. The summed E-state index contributed by atoms with van der Waals surface area (Å²) >= 11 is 0. The molecule has 1 heterocycles. The maximum atomic E-state index is 12.1. The number of carbonyl (C=O) groups is 1. The monoisotopic (exact) mass is 354 g/mol. The van der Waals surface area contributed by atoms with Crippen LogP contribution in [0.2, 0.25) is 0 Å². The van der Waals surface area contributed by atoms with E-state index in [1.807, 2.05) is 19.1 Å². The first-order chi connectivity index (χ1) is 11.3. The molecule has 0 atom stereocenters. The van der Waals surface area contributed by atoms with E-state index in [1.54, 1.807) is 13.8 Å². The number of carbonyl (C=O) groups excluding carboxylic acids is 1. The minimum atomic E-state index is -2.97.